The van der Waals surface area contributed by atoms with Crippen molar-refractivity contribution in [1.29, 1.82) is 0 Å². The van der Waals surface area contributed by atoms with Crippen molar-refractivity contribution < 1.29 is 15.0 Å². The van der Waals surface area contributed by atoms with Crippen molar-refractivity contribution in [2.24, 2.45) is 0 Å². The Balaban J connectivity index is 1.87. The minimum absolute atomic E-state index is 0.0121. The number of amides is 1. The fraction of sp³-hybridized carbons (Fsp3) is 0.188. The van der Waals surface area contributed by atoms with Crippen molar-refractivity contribution in [3.05, 3.63) is 69.2 Å². The highest BCUT2D eigenvalue weighted by Gasteiger charge is 2.14. The number of non-ortho nitro benzene ring substituents is 1. The zero-order valence-electron chi connectivity index (χ0n) is 12.5. The fourth-order valence-electron chi connectivity index (χ4n) is 2.13. The molecule has 2 aromatic carbocycles. The Morgan fingerprint density at radius 3 is 2.52 bits per heavy atom. The summed E-state index contributed by atoms with van der Waals surface area (Å²) in [6.07, 6.45) is 0. The SMILES string of the molecule is C[C@@H]([NH2+]CC(=O)Nc1ccc([N+](=O)[O-])cc1)c1ccccc1Cl. The lowest BCUT2D eigenvalue weighted by Gasteiger charge is -2.12. The minimum Gasteiger partial charge on any atom is -0.332 e. The summed E-state index contributed by atoms with van der Waals surface area (Å²) >= 11 is 6.13. The van der Waals surface area contributed by atoms with E-state index in [0.29, 0.717) is 10.7 Å². The molecule has 0 aliphatic heterocycles. The standard InChI is InChI=1S/C16H16ClN3O3/c1-11(14-4-2-3-5-15(14)17)18-10-16(21)19-12-6-8-13(9-7-12)20(22)23/h2-9,11,18H,10H2,1H3,(H,19,21)/p+1/t11-/m1/s1. The molecule has 1 amide bonds. The van der Waals surface area contributed by atoms with Crippen LogP contribution < -0.4 is 10.6 Å². The van der Waals surface area contributed by atoms with Crippen molar-refractivity contribution in [2.45, 2.75) is 13.0 Å². The number of carbonyl (C=O) groups is 1. The summed E-state index contributed by atoms with van der Waals surface area (Å²) in [5.41, 5.74) is 1.48. The van der Waals surface area contributed by atoms with Crippen LogP contribution in [0.15, 0.2) is 48.5 Å². The summed E-state index contributed by atoms with van der Waals surface area (Å²) in [4.78, 5) is 22.0. The maximum Gasteiger partial charge on any atom is 0.279 e. The number of anilines is 1. The number of hydrogen-bond donors (Lipinski definition) is 2. The van der Waals surface area contributed by atoms with Crippen molar-refractivity contribution in [1.82, 2.24) is 0 Å². The average molecular weight is 335 g/mol. The Labute approximate surface area is 138 Å². The predicted octanol–water partition coefficient (Wildman–Crippen LogP) is 2.51. The molecule has 0 spiro atoms. The summed E-state index contributed by atoms with van der Waals surface area (Å²) in [5, 5.41) is 15.8. The molecular weight excluding hydrogens is 318 g/mol. The molecule has 0 saturated heterocycles. The molecule has 0 aliphatic carbocycles. The van der Waals surface area contributed by atoms with Crippen LogP contribution in [0.4, 0.5) is 11.4 Å². The molecule has 0 fully saturated rings. The molecular formula is C16H17ClN3O3+. The molecule has 120 valence electrons. The van der Waals surface area contributed by atoms with Gasteiger partial charge in [0, 0.05) is 28.4 Å². The number of halogens is 1. The van der Waals surface area contributed by atoms with Gasteiger partial charge in [-0.15, -0.1) is 0 Å². The number of nitrogens with one attached hydrogen (secondary N) is 1. The van der Waals surface area contributed by atoms with Gasteiger partial charge in [-0.3, -0.25) is 14.9 Å². The van der Waals surface area contributed by atoms with Crippen LogP contribution in [0.3, 0.4) is 0 Å². The first-order chi connectivity index (χ1) is 11.0. The zero-order valence-corrected chi connectivity index (χ0v) is 13.3. The molecule has 0 aromatic heterocycles. The summed E-state index contributed by atoms with van der Waals surface area (Å²) < 4.78 is 0. The largest absolute Gasteiger partial charge is 0.332 e. The van der Waals surface area contributed by atoms with Crippen LogP contribution in [-0.4, -0.2) is 17.4 Å². The highest BCUT2D eigenvalue weighted by Crippen LogP contribution is 2.19. The number of nitro groups is 1. The van der Waals surface area contributed by atoms with E-state index in [0.717, 1.165) is 5.56 Å². The molecule has 6 nitrogen and oxygen atoms in total. The third kappa shape index (κ3) is 4.77. The van der Waals surface area contributed by atoms with E-state index in [2.05, 4.69) is 5.32 Å². The van der Waals surface area contributed by atoms with E-state index in [1.54, 1.807) is 0 Å². The van der Waals surface area contributed by atoms with Gasteiger partial charge >= 0.3 is 0 Å². The molecule has 0 radical (unpaired) electrons. The average Bonchev–Trinajstić information content (AvgIpc) is 2.53. The Kier molecular flexibility index (Phi) is 5.67. The van der Waals surface area contributed by atoms with E-state index >= 15 is 0 Å². The van der Waals surface area contributed by atoms with Gasteiger partial charge in [-0.25, -0.2) is 0 Å². The van der Waals surface area contributed by atoms with Crippen LogP contribution in [0.5, 0.6) is 0 Å². The number of nitro benzene ring substituents is 1. The highest BCUT2D eigenvalue weighted by atomic mass is 35.5. The number of nitrogens with two attached hydrogens (primary N) is 1. The molecule has 2 rings (SSSR count). The highest BCUT2D eigenvalue weighted by molar-refractivity contribution is 6.31. The Morgan fingerprint density at radius 1 is 1.26 bits per heavy atom. The molecule has 7 heteroatoms. The van der Waals surface area contributed by atoms with E-state index in [4.69, 9.17) is 11.6 Å². The van der Waals surface area contributed by atoms with Gasteiger partial charge in [0.2, 0.25) is 0 Å². The molecule has 0 heterocycles. The minimum atomic E-state index is -0.481. The normalized spacial score (nSPS) is 11.7. The van der Waals surface area contributed by atoms with E-state index in [1.165, 1.54) is 24.3 Å². The lowest BCUT2D eigenvalue weighted by molar-refractivity contribution is -0.682. The zero-order chi connectivity index (χ0) is 16.8. The van der Waals surface area contributed by atoms with E-state index in [9.17, 15) is 14.9 Å². The maximum absolute atomic E-state index is 11.9. The number of hydrogen-bond acceptors (Lipinski definition) is 3. The summed E-state index contributed by atoms with van der Waals surface area (Å²) in [6, 6.07) is 13.3. The molecule has 0 saturated carbocycles. The van der Waals surface area contributed by atoms with Crippen LogP contribution in [0.25, 0.3) is 0 Å². The number of rotatable bonds is 6. The lowest BCUT2D eigenvalue weighted by Crippen LogP contribution is -2.86. The van der Waals surface area contributed by atoms with Crippen LogP contribution >= 0.6 is 11.6 Å². The second kappa shape index (κ2) is 7.71. The molecule has 0 bridgehead atoms. The Morgan fingerprint density at radius 2 is 1.91 bits per heavy atom. The number of quaternary nitrogens is 1. The molecule has 0 aliphatic rings. The monoisotopic (exact) mass is 334 g/mol. The van der Waals surface area contributed by atoms with Gasteiger partial charge in [0.05, 0.1) is 4.92 Å². The molecule has 1 atom stereocenters. The second-order valence-electron chi connectivity index (χ2n) is 5.10. The topological polar surface area (TPSA) is 88.8 Å². The lowest BCUT2D eigenvalue weighted by atomic mass is 10.1. The molecule has 3 N–H and O–H groups in total. The van der Waals surface area contributed by atoms with Crippen molar-refractivity contribution in [3.8, 4) is 0 Å². The third-order valence-corrected chi connectivity index (χ3v) is 3.76. The first-order valence-electron chi connectivity index (χ1n) is 7.09. The Bertz CT molecular complexity index is 704. The number of carbonyl (C=O) groups excluding carboxylic acids is 1. The van der Waals surface area contributed by atoms with Crippen molar-refractivity contribution in [2.75, 3.05) is 11.9 Å². The summed E-state index contributed by atoms with van der Waals surface area (Å²) in [6.45, 7) is 2.20. The smallest absolute Gasteiger partial charge is 0.279 e. The number of benzene rings is 2. The fourth-order valence-corrected chi connectivity index (χ4v) is 2.44. The third-order valence-electron chi connectivity index (χ3n) is 3.41. The van der Waals surface area contributed by atoms with Crippen LogP contribution in [0, 0.1) is 10.1 Å². The van der Waals surface area contributed by atoms with Gasteiger partial charge in [0.25, 0.3) is 11.6 Å². The van der Waals surface area contributed by atoms with Crippen LogP contribution in [0.1, 0.15) is 18.5 Å². The van der Waals surface area contributed by atoms with E-state index < -0.39 is 4.92 Å². The quantitative estimate of drug-likeness (QED) is 0.628. The van der Waals surface area contributed by atoms with Gasteiger partial charge in [0.1, 0.15) is 6.04 Å². The van der Waals surface area contributed by atoms with Crippen LogP contribution in [0.2, 0.25) is 5.02 Å². The second-order valence-corrected chi connectivity index (χ2v) is 5.51. The summed E-state index contributed by atoms with van der Waals surface area (Å²) in [7, 11) is 0. The first-order valence-corrected chi connectivity index (χ1v) is 7.47. The molecule has 0 unspecified atom stereocenters. The van der Waals surface area contributed by atoms with Gasteiger partial charge in [-0.2, -0.15) is 0 Å². The van der Waals surface area contributed by atoms with Gasteiger partial charge in [-0.05, 0) is 25.1 Å². The van der Waals surface area contributed by atoms with Gasteiger partial charge in [-0.1, -0.05) is 29.8 Å². The van der Waals surface area contributed by atoms with E-state index in [1.807, 2.05) is 36.5 Å². The van der Waals surface area contributed by atoms with Crippen LogP contribution in [-0.2, 0) is 4.79 Å². The van der Waals surface area contributed by atoms with Gasteiger partial charge in [0.15, 0.2) is 6.54 Å². The van der Waals surface area contributed by atoms with Gasteiger partial charge < -0.3 is 10.6 Å². The van der Waals surface area contributed by atoms with Crippen molar-refractivity contribution in [3.63, 3.8) is 0 Å². The maximum atomic E-state index is 11.9. The van der Waals surface area contributed by atoms with E-state index in [-0.39, 0.29) is 24.2 Å². The first kappa shape index (κ1) is 16.9. The summed E-state index contributed by atoms with van der Waals surface area (Å²) in [5.74, 6) is -0.183. The number of nitrogens with zero attached hydrogens (tertiary/aromatic N) is 1. The molecule has 23 heavy (non-hydrogen) atoms. The predicted molar refractivity (Wildman–Crippen MR) is 88.4 cm³/mol. The Hall–Kier alpha value is -2.44. The van der Waals surface area contributed by atoms with Crippen molar-refractivity contribution >= 4 is 28.9 Å². The molecule has 2 aromatic rings.